The van der Waals surface area contributed by atoms with Gasteiger partial charge in [0.1, 0.15) is 13.2 Å². The van der Waals surface area contributed by atoms with Crippen LogP contribution >= 0.6 is 0 Å². The smallest absolute Gasteiger partial charge is 0.170 e. The number of fused-ring (bicyclic) bond motifs is 1. The fourth-order valence-corrected chi connectivity index (χ4v) is 2.89. The summed E-state index contributed by atoms with van der Waals surface area (Å²) in [5, 5.41) is 3.30. The second kappa shape index (κ2) is 4.85. The number of ether oxygens (including phenoxy) is 2. The molecule has 0 spiro atoms. The van der Waals surface area contributed by atoms with Gasteiger partial charge in [0.15, 0.2) is 17.3 Å². The summed E-state index contributed by atoms with van der Waals surface area (Å²) in [6.07, 6.45) is 1.78. The molecule has 2 heterocycles. The average Bonchev–Trinajstić information content (AvgIpc) is 2.96. The van der Waals surface area contributed by atoms with Crippen LogP contribution in [0.5, 0.6) is 11.5 Å². The van der Waals surface area contributed by atoms with E-state index in [2.05, 4.69) is 12.2 Å². The number of hydrogen-bond acceptors (Lipinski definition) is 4. The predicted octanol–water partition coefficient (Wildman–Crippen LogP) is 2.03. The molecule has 19 heavy (non-hydrogen) atoms. The van der Waals surface area contributed by atoms with Gasteiger partial charge in [-0.15, -0.1) is 0 Å². The Hall–Kier alpha value is -1.55. The summed E-state index contributed by atoms with van der Waals surface area (Å²) in [6, 6.07) is 5.52. The number of carbonyl (C=O) groups excluding carboxylic acids is 1. The quantitative estimate of drug-likeness (QED) is 0.846. The third-order valence-electron chi connectivity index (χ3n) is 4.21. The highest BCUT2D eigenvalue weighted by atomic mass is 16.6. The summed E-state index contributed by atoms with van der Waals surface area (Å²) in [7, 11) is 0. The van der Waals surface area contributed by atoms with E-state index in [-0.39, 0.29) is 11.2 Å². The fourth-order valence-electron chi connectivity index (χ4n) is 2.89. The van der Waals surface area contributed by atoms with Crippen molar-refractivity contribution < 1.29 is 14.3 Å². The van der Waals surface area contributed by atoms with Gasteiger partial charge in [-0.2, -0.15) is 0 Å². The molecule has 0 aliphatic carbocycles. The number of carbonyl (C=O) groups is 1. The van der Waals surface area contributed by atoms with Gasteiger partial charge in [-0.3, -0.25) is 4.79 Å². The second-order valence-corrected chi connectivity index (χ2v) is 5.25. The minimum Gasteiger partial charge on any atom is -0.486 e. The van der Waals surface area contributed by atoms with Gasteiger partial charge >= 0.3 is 0 Å². The molecule has 0 saturated carbocycles. The second-order valence-electron chi connectivity index (χ2n) is 5.25. The molecule has 4 nitrogen and oxygen atoms in total. The monoisotopic (exact) mass is 261 g/mol. The van der Waals surface area contributed by atoms with Gasteiger partial charge in [0.25, 0.3) is 0 Å². The maximum atomic E-state index is 12.7. The summed E-state index contributed by atoms with van der Waals surface area (Å²) in [5.41, 5.74) is 0.485. The Morgan fingerprint density at radius 3 is 2.79 bits per heavy atom. The molecule has 102 valence electrons. The molecule has 1 N–H and O–H groups in total. The molecule has 0 aromatic heterocycles. The zero-order chi connectivity index (χ0) is 13.3. The molecule has 2 aliphatic rings. The molecule has 1 unspecified atom stereocenters. The zero-order valence-electron chi connectivity index (χ0n) is 11.2. The van der Waals surface area contributed by atoms with Crippen LogP contribution in [0.3, 0.4) is 0 Å². The molecule has 1 fully saturated rings. The van der Waals surface area contributed by atoms with Crippen LogP contribution < -0.4 is 14.8 Å². The van der Waals surface area contributed by atoms with E-state index in [1.54, 1.807) is 0 Å². The van der Waals surface area contributed by atoms with E-state index in [9.17, 15) is 4.79 Å². The number of hydrogen-bond donors (Lipinski definition) is 1. The van der Waals surface area contributed by atoms with Gasteiger partial charge < -0.3 is 14.8 Å². The van der Waals surface area contributed by atoms with Gasteiger partial charge in [-0.25, -0.2) is 0 Å². The number of benzene rings is 1. The van der Waals surface area contributed by atoms with Crippen LogP contribution in [0.4, 0.5) is 0 Å². The average molecular weight is 261 g/mol. The Bertz CT molecular complexity index is 492. The molecular weight excluding hydrogens is 242 g/mol. The van der Waals surface area contributed by atoms with Crippen LogP contribution in [0.25, 0.3) is 0 Å². The standard InChI is InChI=1S/C15H19NO3/c1-2-15(5-6-16-10-15)14(17)11-3-4-12-13(9-11)19-8-7-18-12/h3-4,9,16H,2,5-8,10H2,1H3. The molecule has 1 atom stereocenters. The summed E-state index contributed by atoms with van der Waals surface area (Å²) >= 11 is 0. The number of nitrogens with one attached hydrogen (secondary N) is 1. The van der Waals surface area contributed by atoms with Crippen molar-refractivity contribution in [3.63, 3.8) is 0 Å². The Kier molecular flexibility index (Phi) is 3.19. The summed E-state index contributed by atoms with van der Waals surface area (Å²) < 4.78 is 11.0. The lowest BCUT2D eigenvalue weighted by Crippen LogP contribution is -2.33. The summed E-state index contributed by atoms with van der Waals surface area (Å²) in [5.74, 6) is 1.64. The molecule has 1 aromatic rings. The number of ketones is 1. The van der Waals surface area contributed by atoms with Crippen molar-refractivity contribution in [2.24, 2.45) is 5.41 Å². The van der Waals surface area contributed by atoms with Crippen molar-refractivity contribution in [3.8, 4) is 11.5 Å². The lowest BCUT2D eigenvalue weighted by Gasteiger charge is -2.26. The Balaban J connectivity index is 1.91. The summed E-state index contributed by atoms with van der Waals surface area (Å²) in [4.78, 5) is 12.7. The molecular formula is C15H19NO3. The van der Waals surface area contributed by atoms with Crippen molar-refractivity contribution >= 4 is 5.78 Å². The number of Topliss-reactive ketones (excluding diaryl/α,β-unsaturated/α-hetero) is 1. The minimum absolute atomic E-state index is 0.219. The maximum absolute atomic E-state index is 12.7. The Morgan fingerprint density at radius 1 is 1.32 bits per heavy atom. The van der Waals surface area contributed by atoms with Gasteiger partial charge in [-0.1, -0.05) is 6.92 Å². The normalized spacial score (nSPS) is 25.3. The molecule has 1 saturated heterocycles. The van der Waals surface area contributed by atoms with Gasteiger partial charge in [-0.05, 0) is 37.6 Å². The fraction of sp³-hybridized carbons (Fsp3) is 0.533. The topological polar surface area (TPSA) is 47.6 Å². The third kappa shape index (κ3) is 2.10. The van der Waals surface area contributed by atoms with Gasteiger partial charge in [0.05, 0.1) is 0 Å². The summed E-state index contributed by atoms with van der Waals surface area (Å²) in [6.45, 7) is 4.90. The molecule has 0 amide bonds. The van der Waals surface area contributed by atoms with Crippen LogP contribution in [-0.4, -0.2) is 32.1 Å². The van der Waals surface area contributed by atoms with E-state index in [4.69, 9.17) is 9.47 Å². The SMILES string of the molecule is CCC1(C(=O)c2ccc3c(c2)OCCO3)CCNC1. The third-order valence-corrected chi connectivity index (χ3v) is 4.21. The first-order chi connectivity index (χ1) is 9.25. The van der Waals surface area contributed by atoms with Crippen molar-refractivity contribution in [1.82, 2.24) is 5.32 Å². The highest BCUT2D eigenvalue weighted by Crippen LogP contribution is 2.37. The lowest BCUT2D eigenvalue weighted by molar-refractivity contribution is 0.0809. The first-order valence-corrected chi connectivity index (χ1v) is 6.90. The first kappa shape index (κ1) is 12.5. The molecule has 0 radical (unpaired) electrons. The molecule has 4 heteroatoms. The van der Waals surface area contributed by atoms with E-state index in [1.807, 2.05) is 18.2 Å². The molecule has 0 bridgehead atoms. The highest BCUT2D eigenvalue weighted by molar-refractivity contribution is 6.01. The van der Waals surface area contributed by atoms with E-state index < -0.39 is 0 Å². The van der Waals surface area contributed by atoms with Crippen molar-refractivity contribution in [2.45, 2.75) is 19.8 Å². The van der Waals surface area contributed by atoms with E-state index in [0.29, 0.717) is 19.0 Å². The zero-order valence-corrected chi connectivity index (χ0v) is 11.2. The molecule has 3 rings (SSSR count). The highest BCUT2D eigenvalue weighted by Gasteiger charge is 2.40. The van der Waals surface area contributed by atoms with E-state index in [1.165, 1.54) is 0 Å². The van der Waals surface area contributed by atoms with Crippen LogP contribution in [-0.2, 0) is 0 Å². The van der Waals surface area contributed by atoms with Gasteiger partial charge in [0, 0.05) is 17.5 Å². The van der Waals surface area contributed by atoms with Crippen LogP contribution in [0, 0.1) is 5.41 Å². The van der Waals surface area contributed by atoms with E-state index in [0.717, 1.165) is 37.2 Å². The molecule has 2 aliphatic heterocycles. The number of rotatable bonds is 3. The Labute approximate surface area is 113 Å². The van der Waals surface area contributed by atoms with Crippen molar-refractivity contribution in [1.29, 1.82) is 0 Å². The Morgan fingerprint density at radius 2 is 2.11 bits per heavy atom. The maximum Gasteiger partial charge on any atom is 0.170 e. The van der Waals surface area contributed by atoms with Crippen LogP contribution in [0.1, 0.15) is 30.1 Å². The minimum atomic E-state index is -0.246. The molecule has 1 aromatic carbocycles. The van der Waals surface area contributed by atoms with Crippen LogP contribution in [0.2, 0.25) is 0 Å². The van der Waals surface area contributed by atoms with E-state index >= 15 is 0 Å². The van der Waals surface area contributed by atoms with Crippen molar-refractivity contribution in [3.05, 3.63) is 23.8 Å². The predicted molar refractivity (Wildman–Crippen MR) is 72.0 cm³/mol. The van der Waals surface area contributed by atoms with Crippen molar-refractivity contribution in [2.75, 3.05) is 26.3 Å². The lowest BCUT2D eigenvalue weighted by atomic mass is 9.77. The largest absolute Gasteiger partial charge is 0.486 e. The first-order valence-electron chi connectivity index (χ1n) is 6.90. The van der Waals surface area contributed by atoms with Gasteiger partial charge in [0.2, 0.25) is 0 Å². The van der Waals surface area contributed by atoms with Crippen LogP contribution in [0.15, 0.2) is 18.2 Å².